The average molecular weight is 834 g/mol. The van der Waals surface area contributed by atoms with Crippen molar-refractivity contribution in [2.45, 2.75) is 115 Å². The van der Waals surface area contributed by atoms with Crippen LogP contribution in [0.1, 0.15) is 96.1 Å². The number of unbranched alkanes of at least 4 members (excludes halogenated alkanes) is 4. The van der Waals surface area contributed by atoms with Crippen LogP contribution in [-0.2, 0) is 11.2 Å². The minimum absolute atomic E-state index is 0.0519. The molecule has 3 aliphatic carbocycles. The fourth-order valence-electron chi connectivity index (χ4n) is 11.0. The number of carboxylic acid groups (broad SMARTS) is 1. The van der Waals surface area contributed by atoms with Gasteiger partial charge in [0.1, 0.15) is 11.5 Å². The summed E-state index contributed by atoms with van der Waals surface area (Å²) in [5.41, 5.74) is 10.2. The van der Waals surface area contributed by atoms with E-state index in [-0.39, 0.29) is 47.7 Å². The van der Waals surface area contributed by atoms with Crippen molar-refractivity contribution in [3.8, 4) is 33.9 Å². The summed E-state index contributed by atoms with van der Waals surface area (Å²) in [5, 5.41) is 70.0. The molecule has 61 heavy (non-hydrogen) atoms. The summed E-state index contributed by atoms with van der Waals surface area (Å²) in [4.78, 5) is 16.3. The van der Waals surface area contributed by atoms with Gasteiger partial charge in [0, 0.05) is 47.2 Å². The van der Waals surface area contributed by atoms with Gasteiger partial charge < -0.3 is 46.7 Å². The third-order valence-corrected chi connectivity index (χ3v) is 14.2. The summed E-state index contributed by atoms with van der Waals surface area (Å²) in [6.45, 7) is 2.84. The molecule has 1 aromatic heterocycles. The number of aliphatic hydroxyl groups excluding tert-OH is 2. The van der Waals surface area contributed by atoms with Crippen LogP contribution in [0.4, 0.5) is 0 Å². The molecule has 10 nitrogen and oxygen atoms in total. The van der Waals surface area contributed by atoms with Crippen LogP contribution >= 0.6 is 0 Å². The zero-order valence-corrected chi connectivity index (χ0v) is 35.6. The van der Waals surface area contributed by atoms with E-state index in [2.05, 4.69) is 41.5 Å². The number of aromatic hydroxyl groups is 2. The molecule has 2 heterocycles. The van der Waals surface area contributed by atoms with Gasteiger partial charge in [0.2, 0.25) is 0 Å². The first-order chi connectivity index (χ1) is 29.4. The van der Waals surface area contributed by atoms with E-state index < -0.39 is 29.5 Å². The summed E-state index contributed by atoms with van der Waals surface area (Å²) in [6, 6.07) is 16.5. The SMILES string of the molecule is CCCCC[C@@H]1C=C[C@@H](CCCCC[C@H](C(=O)O)[C@H](O)[C@@H]2C=C[C@H]3[C@@H](CC4=CCNC(N)=C4)C[C@@H](Cc4cc(-c5ccccc5)c(-c5cc(O)cc(O)c5)[nH]4)[C@@]3(O)C2)[C@H](O)C1. The fourth-order valence-corrected chi connectivity index (χ4v) is 11.0. The van der Waals surface area contributed by atoms with Crippen molar-refractivity contribution in [2.75, 3.05) is 6.54 Å². The third-order valence-electron chi connectivity index (χ3n) is 14.2. The molecule has 4 aliphatic rings. The zero-order valence-electron chi connectivity index (χ0n) is 35.6. The lowest BCUT2D eigenvalue weighted by molar-refractivity contribution is -0.148. The highest BCUT2D eigenvalue weighted by molar-refractivity contribution is 5.83. The molecule has 0 bridgehead atoms. The Morgan fingerprint density at radius 1 is 0.902 bits per heavy atom. The minimum atomic E-state index is -1.22. The van der Waals surface area contributed by atoms with Gasteiger partial charge in [-0.25, -0.2) is 0 Å². The number of nitrogens with one attached hydrogen (secondary N) is 2. The van der Waals surface area contributed by atoms with Crippen LogP contribution in [0.5, 0.6) is 11.5 Å². The summed E-state index contributed by atoms with van der Waals surface area (Å²) >= 11 is 0. The van der Waals surface area contributed by atoms with Gasteiger partial charge in [-0.3, -0.25) is 4.79 Å². The van der Waals surface area contributed by atoms with Crippen LogP contribution < -0.4 is 11.1 Å². The van der Waals surface area contributed by atoms with E-state index in [1.54, 1.807) is 12.1 Å². The van der Waals surface area contributed by atoms with Gasteiger partial charge in [0.25, 0.3) is 0 Å². The van der Waals surface area contributed by atoms with E-state index in [1.807, 2.05) is 48.6 Å². The number of benzene rings is 2. The predicted octanol–water partition coefficient (Wildman–Crippen LogP) is 8.73. The summed E-state index contributed by atoms with van der Waals surface area (Å²) in [7, 11) is 0. The molecule has 0 saturated heterocycles. The molecule has 10 N–H and O–H groups in total. The Bertz CT molecular complexity index is 2050. The second kappa shape index (κ2) is 20.0. The number of nitrogens with two attached hydrogens (primary N) is 1. The Hall–Kier alpha value is -4.77. The second-order valence-corrected chi connectivity index (χ2v) is 18.5. The van der Waals surface area contributed by atoms with Crippen molar-refractivity contribution in [3.05, 3.63) is 108 Å². The first-order valence-corrected chi connectivity index (χ1v) is 22.8. The third kappa shape index (κ3) is 10.6. The van der Waals surface area contributed by atoms with Crippen LogP contribution in [0.2, 0.25) is 0 Å². The number of H-pyrrole nitrogens is 1. The average Bonchev–Trinajstić information content (AvgIpc) is 3.77. The number of carbonyl (C=O) groups is 1. The van der Waals surface area contributed by atoms with Crippen molar-refractivity contribution >= 4 is 5.97 Å². The number of carboxylic acids is 1. The van der Waals surface area contributed by atoms with Crippen LogP contribution in [-0.4, -0.2) is 65.9 Å². The molecule has 10 heteroatoms. The number of phenolic OH excluding ortho intramolecular Hbond substituents is 2. The quantitative estimate of drug-likeness (QED) is 0.0420. The highest BCUT2D eigenvalue weighted by atomic mass is 16.4. The van der Waals surface area contributed by atoms with Gasteiger partial charge in [-0.15, -0.1) is 0 Å². The number of aliphatic carboxylic acids is 1. The number of dihydropyridines is 1. The highest BCUT2D eigenvalue weighted by Crippen LogP contribution is 2.55. The number of aromatic amines is 1. The number of fused-ring (bicyclic) bond motifs is 1. The monoisotopic (exact) mass is 833 g/mol. The molecule has 7 rings (SSSR count). The van der Waals surface area contributed by atoms with Crippen LogP contribution in [0.15, 0.2) is 102 Å². The molecule has 0 unspecified atom stereocenters. The Labute approximate surface area is 361 Å². The number of aromatic nitrogens is 1. The maximum atomic E-state index is 13.0. The first-order valence-electron chi connectivity index (χ1n) is 22.8. The number of hydrogen-bond donors (Lipinski definition) is 9. The summed E-state index contributed by atoms with van der Waals surface area (Å²) in [5.74, 6) is -1.79. The predicted molar refractivity (Wildman–Crippen MR) is 240 cm³/mol. The molecule has 1 fully saturated rings. The molecule has 1 saturated carbocycles. The van der Waals surface area contributed by atoms with Crippen LogP contribution in [0.25, 0.3) is 22.4 Å². The van der Waals surface area contributed by atoms with Crippen molar-refractivity contribution in [3.63, 3.8) is 0 Å². The number of phenols is 2. The molecular formula is C51H67N3O7. The molecule has 0 radical (unpaired) electrons. The molecule has 0 amide bonds. The normalized spacial score (nSPS) is 28.1. The molecule has 328 valence electrons. The Kier molecular flexibility index (Phi) is 14.5. The molecule has 2 aromatic carbocycles. The summed E-state index contributed by atoms with van der Waals surface area (Å²) < 4.78 is 0. The summed E-state index contributed by atoms with van der Waals surface area (Å²) in [6.07, 6.45) is 22.4. The fraction of sp³-hybridized carbons (Fsp3) is 0.510. The lowest BCUT2D eigenvalue weighted by atomic mass is 9.68. The van der Waals surface area contributed by atoms with Gasteiger partial charge in [-0.05, 0) is 105 Å². The Morgan fingerprint density at radius 3 is 2.39 bits per heavy atom. The van der Waals surface area contributed by atoms with Crippen molar-refractivity contribution in [1.29, 1.82) is 0 Å². The van der Waals surface area contributed by atoms with Crippen LogP contribution in [0, 0.1) is 41.4 Å². The topological polar surface area (TPSA) is 192 Å². The van der Waals surface area contributed by atoms with E-state index in [9.17, 15) is 35.4 Å². The number of aliphatic hydroxyl groups is 3. The van der Waals surface area contributed by atoms with Crippen molar-refractivity contribution in [2.24, 2.45) is 47.2 Å². The molecule has 1 aliphatic heterocycles. The van der Waals surface area contributed by atoms with E-state index in [4.69, 9.17) is 5.73 Å². The van der Waals surface area contributed by atoms with Crippen molar-refractivity contribution in [1.82, 2.24) is 10.3 Å². The van der Waals surface area contributed by atoms with Gasteiger partial charge in [-0.2, -0.15) is 0 Å². The number of hydrogen-bond acceptors (Lipinski definition) is 8. The maximum absolute atomic E-state index is 13.0. The van der Waals surface area contributed by atoms with Gasteiger partial charge >= 0.3 is 5.97 Å². The number of rotatable bonds is 19. The minimum Gasteiger partial charge on any atom is -0.508 e. The number of allylic oxidation sites excluding steroid dienone is 3. The van der Waals surface area contributed by atoms with E-state index in [0.29, 0.717) is 49.5 Å². The van der Waals surface area contributed by atoms with Gasteiger partial charge in [-0.1, -0.05) is 106 Å². The lowest BCUT2D eigenvalue weighted by Crippen LogP contribution is -2.48. The van der Waals surface area contributed by atoms with Crippen molar-refractivity contribution < 1.29 is 35.4 Å². The lowest BCUT2D eigenvalue weighted by Gasteiger charge is -2.42. The zero-order chi connectivity index (χ0) is 43.1. The smallest absolute Gasteiger partial charge is 0.309 e. The standard InChI is InChI=1S/C51H67N3O7/c1-2-3-6-11-32-16-17-35(46(57)23-32)14-9-5-10-15-43(50(59)60)49(58)36-18-19-45-37(22-33-20-21-53-47(52)24-33)25-39(51(45,61)31-36)28-40-29-44(34-12-7-4-8-13-34)48(54-40)38-26-41(55)30-42(56)27-38/h4,7-8,12-13,16-20,24,26-27,29-30,32,35-37,39,43,45-46,49,53-58,61H,2-3,5-6,9-11,14-15,21-23,25,28,31,52H2,1H3,(H,59,60)/t32-,35-,36-,37+,39+,43+,45+,46-,49-,51+/m1/s1. The maximum Gasteiger partial charge on any atom is 0.309 e. The van der Waals surface area contributed by atoms with Gasteiger partial charge in [0.15, 0.2) is 0 Å². The van der Waals surface area contributed by atoms with Crippen LogP contribution in [0.3, 0.4) is 0 Å². The van der Waals surface area contributed by atoms with E-state index in [1.165, 1.54) is 25.3 Å². The Morgan fingerprint density at radius 2 is 1.67 bits per heavy atom. The molecular weight excluding hydrogens is 767 g/mol. The first kappa shape index (κ1) is 44.3. The molecule has 0 spiro atoms. The van der Waals surface area contributed by atoms with E-state index in [0.717, 1.165) is 66.6 Å². The largest absolute Gasteiger partial charge is 0.508 e. The second-order valence-electron chi connectivity index (χ2n) is 18.5. The molecule has 10 atom stereocenters. The Balaban J connectivity index is 1.06. The highest BCUT2D eigenvalue weighted by Gasteiger charge is 2.56. The van der Waals surface area contributed by atoms with Gasteiger partial charge in [0.05, 0.1) is 35.2 Å². The molecule has 3 aromatic rings. The van der Waals surface area contributed by atoms with E-state index >= 15 is 0 Å².